The Bertz CT molecular complexity index is 535. The lowest BCUT2D eigenvalue weighted by Gasteiger charge is -2.09. The van der Waals surface area contributed by atoms with Crippen LogP contribution in [0.1, 0.15) is 21.6 Å². The Morgan fingerprint density at radius 3 is 2.65 bits per heavy atom. The highest BCUT2D eigenvalue weighted by Crippen LogP contribution is 2.32. The van der Waals surface area contributed by atoms with Gasteiger partial charge in [-0.1, -0.05) is 0 Å². The number of carbonyl (C=O) groups is 1. The molecule has 0 fully saturated rings. The Kier molecular flexibility index (Phi) is 2.62. The zero-order chi connectivity index (χ0) is 12.5. The molecule has 0 aliphatic carbocycles. The quantitative estimate of drug-likeness (QED) is 0.809. The maximum atomic E-state index is 12.6. The topological polar surface area (TPSA) is 71.5 Å². The Morgan fingerprint density at radius 2 is 2.06 bits per heavy atom. The van der Waals surface area contributed by atoms with Crippen molar-refractivity contribution in [3.8, 4) is 0 Å². The van der Waals surface area contributed by atoms with E-state index in [9.17, 15) is 18.0 Å². The van der Waals surface area contributed by atoms with Crippen molar-refractivity contribution in [2.75, 3.05) is 0 Å². The number of H-pyrrole nitrogens is 1. The predicted molar refractivity (Wildman–Crippen MR) is 49.1 cm³/mol. The molecule has 0 saturated carbocycles. The second-order valence-electron chi connectivity index (χ2n) is 3.10. The molecule has 1 N–H and O–H groups in total. The van der Waals surface area contributed by atoms with E-state index in [-0.39, 0.29) is 5.69 Å². The fourth-order valence-corrected chi connectivity index (χ4v) is 1.27. The average Bonchev–Trinajstić information content (AvgIpc) is 2.80. The first-order valence-corrected chi connectivity index (χ1v) is 4.42. The van der Waals surface area contributed by atoms with Crippen LogP contribution in [-0.2, 0) is 6.18 Å². The number of aromatic nitrogens is 4. The molecule has 2 aromatic heterocycles. The van der Waals surface area contributed by atoms with Gasteiger partial charge in [0, 0.05) is 12.4 Å². The van der Waals surface area contributed by atoms with Crippen molar-refractivity contribution < 1.29 is 18.0 Å². The molecule has 8 heteroatoms. The van der Waals surface area contributed by atoms with Crippen molar-refractivity contribution in [1.82, 2.24) is 20.4 Å². The highest BCUT2D eigenvalue weighted by Gasteiger charge is 2.35. The SMILES string of the molecule is O=C(c1cn[nH]n1)c1cnccc1C(F)(F)F. The van der Waals surface area contributed by atoms with Gasteiger partial charge in [-0.25, -0.2) is 0 Å². The van der Waals surface area contributed by atoms with Gasteiger partial charge in [-0.2, -0.15) is 28.6 Å². The number of nitrogens with zero attached hydrogens (tertiary/aromatic N) is 3. The van der Waals surface area contributed by atoms with E-state index in [1.807, 2.05) is 0 Å². The zero-order valence-corrected chi connectivity index (χ0v) is 8.19. The minimum Gasteiger partial charge on any atom is -0.287 e. The maximum Gasteiger partial charge on any atom is 0.417 e. The van der Waals surface area contributed by atoms with Gasteiger partial charge in [0.1, 0.15) is 0 Å². The van der Waals surface area contributed by atoms with Gasteiger partial charge in [0.05, 0.1) is 17.3 Å². The van der Waals surface area contributed by atoms with Crippen LogP contribution in [0.2, 0.25) is 0 Å². The van der Waals surface area contributed by atoms with Crippen LogP contribution >= 0.6 is 0 Å². The number of ketones is 1. The summed E-state index contributed by atoms with van der Waals surface area (Å²) in [5.41, 5.74) is -1.78. The molecule has 0 atom stereocenters. The first-order valence-electron chi connectivity index (χ1n) is 4.42. The molecule has 0 aromatic carbocycles. The van der Waals surface area contributed by atoms with E-state index < -0.39 is 23.1 Å². The molecule has 88 valence electrons. The first kappa shape index (κ1) is 11.2. The molecule has 0 unspecified atom stereocenters. The van der Waals surface area contributed by atoms with Crippen LogP contribution < -0.4 is 0 Å². The fourth-order valence-electron chi connectivity index (χ4n) is 1.27. The summed E-state index contributed by atoms with van der Waals surface area (Å²) in [7, 11) is 0. The van der Waals surface area contributed by atoms with Crippen molar-refractivity contribution >= 4 is 5.78 Å². The van der Waals surface area contributed by atoms with Crippen molar-refractivity contribution in [2.45, 2.75) is 6.18 Å². The van der Waals surface area contributed by atoms with Gasteiger partial charge >= 0.3 is 6.18 Å². The Balaban J connectivity index is 2.50. The van der Waals surface area contributed by atoms with Crippen LogP contribution in [-0.4, -0.2) is 26.2 Å². The van der Waals surface area contributed by atoms with Crippen LogP contribution in [0.5, 0.6) is 0 Å². The summed E-state index contributed by atoms with van der Waals surface area (Å²) < 4.78 is 37.9. The molecule has 0 aliphatic rings. The molecule has 2 heterocycles. The number of halogens is 3. The van der Waals surface area contributed by atoms with E-state index in [4.69, 9.17) is 0 Å². The second-order valence-corrected chi connectivity index (χ2v) is 3.10. The van der Waals surface area contributed by atoms with Gasteiger partial charge in [-0.15, -0.1) is 0 Å². The Labute approximate surface area is 92.7 Å². The molecule has 0 amide bonds. The van der Waals surface area contributed by atoms with Crippen molar-refractivity contribution in [2.24, 2.45) is 0 Å². The summed E-state index contributed by atoms with van der Waals surface area (Å²) in [6.45, 7) is 0. The number of pyridine rings is 1. The third kappa shape index (κ3) is 2.14. The lowest BCUT2D eigenvalue weighted by molar-refractivity contribution is -0.137. The van der Waals surface area contributed by atoms with Gasteiger partial charge in [0.15, 0.2) is 5.69 Å². The third-order valence-corrected chi connectivity index (χ3v) is 2.02. The number of nitrogens with one attached hydrogen (secondary N) is 1. The van der Waals surface area contributed by atoms with E-state index >= 15 is 0 Å². The number of rotatable bonds is 2. The Morgan fingerprint density at radius 1 is 1.29 bits per heavy atom. The summed E-state index contributed by atoms with van der Waals surface area (Å²) in [6, 6.07) is 0.743. The number of alkyl halides is 3. The number of hydrogen-bond donors (Lipinski definition) is 1. The van der Waals surface area contributed by atoms with E-state index in [0.29, 0.717) is 0 Å². The van der Waals surface area contributed by atoms with Crippen LogP contribution in [0, 0.1) is 0 Å². The highest BCUT2D eigenvalue weighted by atomic mass is 19.4. The molecule has 0 saturated heterocycles. The predicted octanol–water partition coefficient (Wildman–Crippen LogP) is 1.45. The number of hydrogen-bond acceptors (Lipinski definition) is 4. The minimum absolute atomic E-state index is 0.191. The third-order valence-electron chi connectivity index (χ3n) is 2.02. The van der Waals surface area contributed by atoms with Gasteiger partial charge in [0.2, 0.25) is 5.78 Å². The average molecular weight is 242 g/mol. The molecule has 5 nitrogen and oxygen atoms in total. The molecule has 0 aliphatic heterocycles. The minimum atomic E-state index is -4.61. The molecule has 2 rings (SSSR count). The monoisotopic (exact) mass is 242 g/mol. The molecule has 0 bridgehead atoms. The summed E-state index contributed by atoms with van der Waals surface area (Å²) >= 11 is 0. The molecule has 17 heavy (non-hydrogen) atoms. The molecule has 0 radical (unpaired) electrons. The highest BCUT2D eigenvalue weighted by molar-refractivity contribution is 6.08. The lowest BCUT2D eigenvalue weighted by Crippen LogP contribution is -2.14. The summed E-state index contributed by atoms with van der Waals surface area (Å²) in [6.07, 6.45) is -1.73. The standard InChI is InChI=1S/C9H5F3N4O/c10-9(11,12)6-1-2-13-3-5(6)8(17)7-4-14-16-15-7/h1-4H,(H,14,15,16). The first-order chi connectivity index (χ1) is 8.00. The molecular weight excluding hydrogens is 237 g/mol. The summed E-state index contributed by atoms with van der Waals surface area (Å²) in [4.78, 5) is 15.2. The van der Waals surface area contributed by atoms with Crippen molar-refractivity contribution in [3.05, 3.63) is 41.5 Å². The maximum absolute atomic E-state index is 12.6. The van der Waals surface area contributed by atoms with Crippen LogP contribution in [0.25, 0.3) is 0 Å². The van der Waals surface area contributed by atoms with Crippen LogP contribution in [0.15, 0.2) is 24.7 Å². The van der Waals surface area contributed by atoms with Crippen LogP contribution in [0.4, 0.5) is 13.2 Å². The van der Waals surface area contributed by atoms with E-state index in [1.54, 1.807) is 0 Å². The van der Waals surface area contributed by atoms with Crippen molar-refractivity contribution in [3.63, 3.8) is 0 Å². The van der Waals surface area contributed by atoms with E-state index in [1.165, 1.54) is 0 Å². The Hall–Kier alpha value is -2.25. The van der Waals surface area contributed by atoms with Gasteiger partial charge in [-0.05, 0) is 6.07 Å². The molecule has 0 spiro atoms. The van der Waals surface area contributed by atoms with Crippen LogP contribution in [0.3, 0.4) is 0 Å². The van der Waals surface area contributed by atoms with Gasteiger partial charge in [0.25, 0.3) is 0 Å². The largest absolute Gasteiger partial charge is 0.417 e. The van der Waals surface area contributed by atoms with E-state index in [2.05, 4.69) is 20.4 Å². The van der Waals surface area contributed by atoms with Gasteiger partial charge in [-0.3, -0.25) is 9.78 Å². The normalized spacial score (nSPS) is 11.5. The summed E-state index contributed by atoms with van der Waals surface area (Å²) in [5.74, 6) is -0.876. The van der Waals surface area contributed by atoms with Gasteiger partial charge < -0.3 is 0 Å². The lowest BCUT2D eigenvalue weighted by atomic mass is 10.0. The number of carbonyl (C=O) groups excluding carboxylic acids is 1. The van der Waals surface area contributed by atoms with Crippen molar-refractivity contribution in [1.29, 1.82) is 0 Å². The smallest absolute Gasteiger partial charge is 0.287 e. The van der Waals surface area contributed by atoms with E-state index in [0.717, 1.165) is 24.7 Å². The second kappa shape index (κ2) is 3.96. The molecule has 2 aromatic rings. The summed E-state index contributed by atoms with van der Waals surface area (Å²) in [5, 5.41) is 8.95. The number of aromatic amines is 1. The zero-order valence-electron chi connectivity index (χ0n) is 8.19. The molecular formula is C9H5F3N4O. The fraction of sp³-hybridized carbons (Fsp3) is 0.111.